The highest BCUT2D eigenvalue weighted by Crippen LogP contribution is 2.25. The van der Waals surface area contributed by atoms with Crippen LogP contribution in [0.1, 0.15) is 44.5 Å². The predicted octanol–water partition coefficient (Wildman–Crippen LogP) is 6.28. The zero-order chi connectivity index (χ0) is 23.6. The Morgan fingerprint density at radius 3 is 2.16 bits per heavy atom. The molecule has 0 atom stereocenters. The van der Waals surface area contributed by atoms with Gasteiger partial charge in [-0.05, 0) is 52.7 Å². The molecule has 1 aromatic heterocycles. The van der Waals surface area contributed by atoms with Gasteiger partial charge in [-0.15, -0.1) is 0 Å². The average molecular weight is 495 g/mol. The van der Waals surface area contributed by atoms with E-state index in [1.54, 1.807) is 13.0 Å². The Balaban J connectivity index is 0.00000113. The van der Waals surface area contributed by atoms with Crippen molar-refractivity contribution in [3.05, 3.63) is 91.8 Å². The summed E-state index contributed by atoms with van der Waals surface area (Å²) < 4.78 is 34.1. The van der Waals surface area contributed by atoms with E-state index in [2.05, 4.69) is 15.9 Å². The first-order valence-electron chi connectivity index (χ1n) is 10.2. The zero-order valence-electron chi connectivity index (χ0n) is 18.5. The van der Waals surface area contributed by atoms with Crippen LogP contribution in [0, 0.1) is 18.6 Å². The first kappa shape index (κ1) is 26.5. The quantitative estimate of drug-likeness (QED) is 0.454. The van der Waals surface area contributed by atoms with Gasteiger partial charge >= 0.3 is 0 Å². The highest BCUT2D eigenvalue weighted by Gasteiger charge is 2.14. The molecule has 0 aliphatic carbocycles. The fraction of sp³-hybridized carbons (Fsp3) is 0.292. The Labute approximate surface area is 190 Å². The van der Waals surface area contributed by atoms with Crippen LogP contribution in [0.3, 0.4) is 0 Å². The van der Waals surface area contributed by atoms with Gasteiger partial charge in [0.05, 0.1) is 0 Å². The van der Waals surface area contributed by atoms with Crippen LogP contribution in [0.25, 0.3) is 5.69 Å². The van der Waals surface area contributed by atoms with Crippen molar-refractivity contribution in [1.82, 2.24) is 4.57 Å². The summed E-state index contributed by atoms with van der Waals surface area (Å²) in [6.07, 6.45) is 0. The van der Waals surface area contributed by atoms with Crippen LogP contribution in [0.15, 0.2) is 57.8 Å². The van der Waals surface area contributed by atoms with E-state index < -0.39 is 11.6 Å². The lowest BCUT2D eigenvalue weighted by molar-refractivity contribution is 0.296. The maximum atomic E-state index is 13.8. The van der Waals surface area contributed by atoms with Gasteiger partial charge in [0.1, 0.15) is 28.5 Å². The molecule has 0 bridgehead atoms. The van der Waals surface area contributed by atoms with Crippen molar-refractivity contribution in [3.63, 3.8) is 0 Å². The molecule has 0 unspecified atom stereocenters. The summed E-state index contributed by atoms with van der Waals surface area (Å²) in [7, 11) is 0. The number of benzene rings is 2. The van der Waals surface area contributed by atoms with Gasteiger partial charge in [0.2, 0.25) is 0 Å². The molecular weight excluding hydrogens is 466 g/mol. The van der Waals surface area contributed by atoms with Gasteiger partial charge in [-0.25, -0.2) is 8.78 Å². The summed E-state index contributed by atoms with van der Waals surface area (Å²) in [5, 5.41) is 0. The van der Waals surface area contributed by atoms with Gasteiger partial charge in [-0.1, -0.05) is 39.8 Å². The molecule has 168 valence electrons. The summed E-state index contributed by atoms with van der Waals surface area (Å²) in [4.78, 5) is 12.8. The van der Waals surface area contributed by atoms with E-state index in [0.717, 1.165) is 17.7 Å². The maximum absolute atomic E-state index is 13.8. The monoisotopic (exact) mass is 494 g/mol. The molecule has 31 heavy (non-hydrogen) atoms. The molecule has 0 aliphatic heterocycles. The smallest absolute Gasteiger partial charge is 0.273 e. The van der Waals surface area contributed by atoms with Crippen LogP contribution >= 0.6 is 15.9 Å². The van der Waals surface area contributed by atoms with E-state index >= 15 is 0 Å². The normalized spacial score (nSPS) is 9.84. The fourth-order valence-corrected chi connectivity index (χ4v) is 3.09. The molecule has 3 rings (SSSR count). The van der Waals surface area contributed by atoms with Crippen molar-refractivity contribution in [2.75, 3.05) is 0 Å². The topological polar surface area (TPSA) is 57.2 Å². The molecule has 0 radical (unpaired) electrons. The Morgan fingerprint density at radius 1 is 1.00 bits per heavy atom. The third-order valence-corrected chi connectivity index (χ3v) is 4.86. The summed E-state index contributed by atoms with van der Waals surface area (Å²) in [5.74, 6) is -1.07. The van der Waals surface area contributed by atoms with Crippen molar-refractivity contribution >= 4 is 15.9 Å². The number of rotatable bonds is 5. The summed E-state index contributed by atoms with van der Waals surface area (Å²) in [5.41, 5.74) is 7.81. The van der Waals surface area contributed by atoms with Crippen molar-refractivity contribution in [3.8, 4) is 11.4 Å². The van der Waals surface area contributed by atoms with Crippen LogP contribution in [0.4, 0.5) is 8.78 Å². The summed E-state index contributed by atoms with van der Waals surface area (Å²) in [6, 6.07) is 12.3. The second-order valence-electron chi connectivity index (χ2n) is 6.00. The van der Waals surface area contributed by atoms with Gasteiger partial charge in [-0.3, -0.25) is 9.36 Å². The summed E-state index contributed by atoms with van der Waals surface area (Å²) >= 11 is 3.26. The van der Waals surface area contributed by atoms with E-state index in [1.165, 1.54) is 10.6 Å². The number of aryl methyl sites for hydroxylation is 1. The first-order valence-corrected chi connectivity index (χ1v) is 11.0. The molecule has 0 amide bonds. The standard InChI is InChI=1S/C20H17BrF2N2O2.2C2H6/c1-12-8-18(27-11-14-4-5-15(22)9-17(14)23)19(21)20(26)25(12)16-6-2-13(10-24)3-7-16;2*1-2/h2-9H,10-11,24H2,1H3;2*1-2H3. The minimum atomic E-state index is -0.698. The second kappa shape index (κ2) is 13.0. The Bertz CT molecular complexity index is 1030. The Kier molecular flexibility index (Phi) is 11.1. The largest absolute Gasteiger partial charge is 0.487 e. The minimum Gasteiger partial charge on any atom is -0.487 e. The highest BCUT2D eigenvalue weighted by molar-refractivity contribution is 9.10. The molecule has 0 saturated heterocycles. The minimum absolute atomic E-state index is 0.126. The average Bonchev–Trinajstić information content (AvgIpc) is 2.79. The van der Waals surface area contributed by atoms with E-state index in [4.69, 9.17) is 10.5 Å². The van der Waals surface area contributed by atoms with Gasteiger partial charge in [-0.2, -0.15) is 0 Å². The van der Waals surface area contributed by atoms with Crippen molar-refractivity contribution in [1.29, 1.82) is 0 Å². The molecule has 2 N–H and O–H groups in total. The van der Waals surface area contributed by atoms with Crippen molar-refractivity contribution in [2.24, 2.45) is 5.73 Å². The van der Waals surface area contributed by atoms with Crippen LogP contribution in [0.5, 0.6) is 5.75 Å². The van der Waals surface area contributed by atoms with Crippen LogP contribution in [0.2, 0.25) is 0 Å². The molecule has 4 nitrogen and oxygen atoms in total. The SMILES string of the molecule is CC.CC.Cc1cc(OCc2ccc(F)cc2F)c(Br)c(=O)n1-c1ccc(CN)cc1. The van der Waals surface area contributed by atoms with E-state index in [9.17, 15) is 13.6 Å². The van der Waals surface area contributed by atoms with Crippen LogP contribution in [-0.4, -0.2) is 4.57 Å². The van der Waals surface area contributed by atoms with E-state index in [-0.39, 0.29) is 28.0 Å². The number of aromatic nitrogens is 1. The van der Waals surface area contributed by atoms with Gasteiger partial charge < -0.3 is 10.5 Å². The van der Waals surface area contributed by atoms with E-state index in [1.807, 2.05) is 52.0 Å². The highest BCUT2D eigenvalue weighted by atomic mass is 79.9. The van der Waals surface area contributed by atoms with Crippen LogP contribution < -0.4 is 16.0 Å². The summed E-state index contributed by atoms with van der Waals surface area (Å²) in [6.45, 7) is 10.1. The molecule has 3 aromatic rings. The number of nitrogens with two attached hydrogens (primary N) is 1. The van der Waals surface area contributed by atoms with Gasteiger partial charge in [0, 0.05) is 35.6 Å². The van der Waals surface area contributed by atoms with Crippen molar-refractivity contribution in [2.45, 2.75) is 47.8 Å². The lowest BCUT2D eigenvalue weighted by atomic mass is 10.2. The lowest BCUT2D eigenvalue weighted by Crippen LogP contribution is -2.22. The Morgan fingerprint density at radius 2 is 1.61 bits per heavy atom. The van der Waals surface area contributed by atoms with Crippen molar-refractivity contribution < 1.29 is 13.5 Å². The molecule has 0 spiro atoms. The molecule has 2 aromatic carbocycles. The number of ether oxygens (including phenoxy) is 1. The molecule has 7 heteroatoms. The lowest BCUT2D eigenvalue weighted by Gasteiger charge is -2.15. The number of pyridine rings is 1. The number of hydrogen-bond acceptors (Lipinski definition) is 3. The molecule has 1 heterocycles. The zero-order valence-corrected chi connectivity index (χ0v) is 20.1. The first-order chi connectivity index (χ1) is 14.9. The third kappa shape index (κ3) is 6.74. The molecule has 0 fully saturated rings. The van der Waals surface area contributed by atoms with Gasteiger partial charge in [0.25, 0.3) is 5.56 Å². The Hall–Kier alpha value is -2.51. The molecule has 0 aliphatic rings. The van der Waals surface area contributed by atoms with E-state index in [0.29, 0.717) is 17.9 Å². The number of halogens is 3. The maximum Gasteiger partial charge on any atom is 0.273 e. The molecular formula is C24H29BrF2N2O2. The molecule has 0 saturated carbocycles. The predicted molar refractivity (Wildman–Crippen MR) is 126 cm³/mol. The number of hydrogen-bond donors (Lipinski definition) is 1. The third-order valence-electron chi connectivity index (χ3n) is 4.13. The number of nitrogens with zero attached hydrogens (tertiary/aromatic N) is 1. The fourth-order valence-electron chi connectivity index (χ4n) is 2.68. The van der Waals surface area contributed by atoms with Crippen LogP contribution in [-0.2, 0) is 13.2 Å². The second-order valence-corrected chi connectivity index (χ2v) is 6.79. The van der Waals surface area contributed by atoms with Gasteiger partial charge in [0.15, 0.2) is 0 Å².